The van der Waals surface area contributed by atoms with Crippen molar-refractivity contribution < 1.29 is 19.6 Å². The Kier molecular flexibility index (Phi) is 2.95. The lowest BCUT2D eigenvalue weighted by Gasteiger charge is -2.26. The Morgan fingerprint density at radius 3 is 2.65 bits per heavy atom. The minimum atomic E-state index is -1.32. The second-order valence-corrected chi connectivity index (χ2v) is 3.89. The molecule has 1 fully saturated rings. The zero-order valence-electron chi connectivity index (χ0n) is 8.96. The van der Waals surface area contributed by atoms with Crippen molar-refractivity contribution in [3.8, 4) is 5.75 Å². The summed E-state index contributed by atoms with van der Waals surface area (Å²) >= 11 is 0. The van der Waals surface area contributed by atoms with Gasteiger partial charge in [0.2, 0.25) is 0 Å². The van der Waals surface area contributed by atoms with Crippen molar-refractivity contribution in [2.75, 3.05) is 0 Å². The standard InChI is InChI=1S/C11H11NO5/c13-11(14)8-5-2-6-9(10(8)12(15)16)17-7-3-1-4-7/h2,5-7H,1,3-4H2,(H,13,14). The van der Waals surface area contributed by atoms with Gasteiger partial charge < -0.3 is 9.84 Å². The maximum Gasteiger partial charge on any atom is 0.342 e. The van der Waals surface area contributed by atoms with E-state index < -0.39 is 16.6 Å². The number of nitro benzene ring substituents is 1. The van der Waals surface area contributed by atoms with Crippen LogP contribution in [-0.4, -0.2) is 22.1 Å². The van der Waals surface area contributed by atoms with Crippen molar-refractivity contribution in [3.05, 3.63) is 33.9 Å². The van der Waals surface area contributed by atoms with Gasteiger partial charge in [0.1, 0.15) is 5.56 Å². The van der Waals surface area contributed by atoms with E-state index >= 15 is 0 Å². The molecule has 0 aromatic heterocycles. The predicted octanol–water partition coefficient (Wildman–Crippen LogP) is 2.22. The SMILES string of the molecule is O=C(O)c1cccc(OC2CCC2)c1[N+](=O)[O-]. The van der Waals surface area contributed by atoms with Crippen LogP contribution in [0.1, 0.15) is 29.6 Å². The average Bonchev–Trinajstić information content (AvgIpc) is 2.22. The number of nitro groups is 1. The number of ether oxygens (including phenoxy) is 1. The number of rotatable bonds is 4. The predicted molar refractivity (Wildman–Crippen MR) is 58.3 cm³/mol. The summed E-state index contributed by atoms with van der Waals surface area (Å²) in [5, 5.41) is 19.8. The summed E-state index contributed by atoms with van der Waals surface area (Å²) in [6, 6.07) is 4.08. The molecule has 0 radical (unpaired) electrons. The van der Waals surface area contributed by atoms with Gasteiger partial charge in [-0.1, -0.05) is 6.07 Å². The molecule has 0 unspecified atom stereocenters. The molecule has 2 rings (SSSR count). The molecule has 1 aromatic rings. The number of carboxylic acid groups (broad SMARTS) is 1. The van der Waals surface area contributed by atoms with E-state index in [4.69, 9.17) is 9.84 Å². The molecular weight excluding hydrogens is 226 g/mol. The fourth-order valence-corrected chi connectivity index (χ4v) is 1.65. The number of nitrogens with zero attached hydrogens (tertiary/aromatic N) is 1. The van der Waals surface area contributed by atoms with Gasteiger partial charge in [-0.25, -0.2) is 4.79 Å². The van der Waals surface area contributed by atoms with E-state index in [-0.39, 0.29) is 17.4 Å². The van der Waals surface area contributed by atoms with Gasteiger partial charge in [-0.3, -0.25) is 10.1 Å². The zero-order chi connectivity index (χ0) is 12.4. The molecule has 90 valence electrons. The lowest BCUT2D eigenvalue weighted by Crippen LogP contribution is -2.25. The van der Waals surface area contributed by atoms with Crippen LogP contribution in [0.25, 0.3) is 0 Å². The molecule has 0 atom stereocenters. The molecule has 0 spiro atoms. The van der Waals surface area contributed by atoms with Crippen LogP contribution in [0, 0.1) is 10.1 Å². The molecular formula is C11H11NO5. The molecule has 17 heavy (non-hydrogen) atoms. The summed E-state index contributed by atoms with van der Waals surface area (Å²) in [7, 11) is 0. The van der Waals surface area contributed by atoms with Crippen LogP contribution >= 0.6 is 0 Å². The van der Waals surface area contributed by atoms with Crippen LogP contribution < -0.4 is 4.74 Å². The van der Waals surface area contributed by atoms with Crippen molar-refractivity contribution >= 4 is 11.7 Å². The molecule has 0 aliphatic heterocycles. The lowest BCUT2D eigenvalue weighted by atomic mass is 9.96. The summed E-state index contributed by atoms with van der Waals surface area (Å²) in [4.78, 5) is 21.1. The van der Waals surface area contributed by atoms with E-state index in [0.29, 0.717) is 0 Å². The van der Waals surface area contributed by atoms with E-state index in [0.717, 1.165) is 19.3 Å². The Bertz CT molecular complexity index is 467. The molecule has 1 aromatic carbocycles. The van der Waals surface area contributed by atoms with Crippen LogP contribution in [0.4, 0.5) is 5.69 Å². The first-order valence-corrected chi connectivity index (χ1v) is 5.27. The summed E-state index contributed by atoms with van der Waals surface area (Å²) in [5.41, 5.74) is -0.807. The van der Waals surface area contributed by atoms with E-state index in [1.165, 1.54) is 18.2 Å². The molecule has 1 saturated carbocycles. The Morgan fingerprint density at radius 1 is 1.47 bits per heavy atom. The summed E-state index contributed by atoms with van der Waals surface area (Å²) in [5.74, 6) is -1.28. The number of aromatic carboxylic acids is 1. The van der Waals surface area contributed by atoms with Crippen molar-refractivity contribution in [1.29, 1.82) is 0 Å². The number of para-hydroxylation sites is 1. The first-order chi connectivity index (χ1) is 8.09. The minimum Gasteiger partial charge on any atom is -0.483 e. The van der Waals surface area contributed by atoms with Gasteiger partial charge in [-0.2, -0.15) is 0 Å². The van der Waals surface area contributed by atoms with Crippen molar-refractivity contribution in [1.82, 2.24) is 0 Å². The van der Waals surface area contributed by atoms with Crippen LogP contribution in [0.3, 0.4) is 0 Å². The third-order valence-electron chi connectivity index (χ3n) is 2.76. The van der Waals surface area contributed by atoms with Gasteiger partial charge >= 0.3 is 11.7 Å². The van der Waals surface area contributed by atoms with Gasteiger partial charge in [-0.15, -0.1) is 0 Å². The number of benzene rings is 1. The first kappa shape index (κ1) is 11.4. The van der Waals surface area contributed by atoms with Crippen molar-refractivity contribution in [2.45, 2.75) is 25.4 Å². The quantitative estimate of drug-likeness (QED) is 0.640. The second-order valence-electron chi connectivity index (χ2n) is 3.89. The molecule has 0 amide bonds. The van der Waals surface area contributed by atoms with Crippen LogP contribution in [0.5, 0.6) is 5.75 Å². The minimum absolute atomic E-state index is 0.0299. The summed E-state index contributed by atoms with van der Waals surface area (Å²) in [6.45, 7) is 0. The molecule has 0 bridgehead atoms. The van der Waals surface area contributed by atoms with Crippen LogP contribution in [-0.2, 0) is 0 Å². The van der Waals surface area contributed by atoms with Crippen LogP contribution in [0.15, 0.2) is 18.2 Å². The van der Waals surface area contributed by atoms with Gasteiger partial charge in [0.25, 0.3) is 0 Å². The Balaban J connectivity index is 2.38. The van der Waals surface area contributed by atoms with Gasteiger partial charge in [-0.05, 0) is 31.4 Å². The van der Waals surface area contributed by atoms with E-state index in [1.807, 2.05) is 0 Å². The highest BCUT2D eigenvalue weighted by Gasteiger charge is 2.28. The Morgan fingerprint density at radius 2 is 2.18 bits per heavy atom. The maximum atomic E-state index is 10.9. The summed E-state index contributed by atoms with van der Waals surface area (Å²) < 4.78 is 5.43. The van der Waals surface area contributed by atoms with E-state index in [9.17, 15) is 14.9 Å². The highest BCUT2D eigenvalue weighted by molar-refractivity contribution is 5.93. The van der Waals surface area contributed by atoms with E-state index in [2.05, 4.69) is 0 Å². The first-order valence-electron chi connectivity index (χ1n) is 5.27. The second kappa shape index (κ2) is 4.40. The van der Waals surface area contributed by atoms with E-state index in [1.54, 1.807) is 0 Å². The largest absolute Gasteiger partial charge is 0.483 e. The molecule has 1 aliphatic rings. The van der Waals surface area contributed by atoms with Crippen LogP contribution in [0.2, 0.25) is 0 Å². The molecule has 6 nitrogen and oxygen atoms in total. The third kappa shape index (κ3) is 2.20. The monoisotopic (exact) mass is 237 g/mol. The fraction of sp³-hybridized carbons (Fsp3) is 0.364. The fourth-order valence-electron chi connectivity index (χ4n) is 1.65. The Labute approximate surface area is 97.0 Å². The Hall–Kier alpha value is -2.11. The number of hydrogen-bond donors (Lipinski definition) is 1. The maximum absolute atomic E-state index is 10.9. The smallest absolute Gasteiger partial charge is 0.342 e. The average molecular weight is 237 g/mol. The van der Waals surface area contributed by atoms with Crippen molar-refractivity contribution in [3.63, 3.8) is 0 Å². The van der Waals surface area contributed by atoms with Crippen molar-refractivity contribution in [2.24, 2.45) is 0 Å². The third-order valence-corrected chi connectivity index (χ3v) is 2.76. The lowest BCUT2D eigenvalue weighted by molar-refractivity contribution is -0.386. The molecule has 0 saturated heterocycles. The number of carboxylic acids is 1. The summed E-state index contributed by atoms with van der Waals surface area (Å²) in [6.07, 6.45) is 2.72. The highest BCUT2D eigenvalue weighted by Crippen LogP contribution is 2.34. The van der Waals surface area contributed by atoms with Gasteiger partial charge in [0, 0.05) is 0 Å². The normalized spacial score (nSPS) is 15.1. The van der Waals surface area contributed by atoms with Gasteiger partial charge in [0.05, 0.1) is 11.0 Å². The molecule has 0 heterocycles. The van der Waals surface area contributed by atoms with Gasteiger partial charge in [0.15, 0.2) is 5.75 Å². The number of hydrogen-bond acceptors (Lipinski definition) is 4. The highest BCUT2D eigenvalue weighted by atomic mass is 16.6. The molecule has 6 heteroatoms. The molecule has 1 aliphatic carbocycles. The zero-order valence-corrected chi connectivity index (χ0v) is 8.96. The number of carbonyl (C=O) groups is 1. The topological polar surface area (TPSA) is 89.7 Å². The molecule has 1 N–H and O–H groups in total.